The molecule has 0 saturated carbocycles. The van der Waals surface area contributed by atoms with Crippen LogP contribution in [-0.2, 0) is 14.1 Å². The highest BCUT2D eigenvalue weighted by Gasteiger charge is 2.07. The molecule has 1 aromatic rings. The first kappa shape index (κ1) is 12.5. The van der Waals surface area contributed by atoms with Gasteiger partial charge in [-0.15, -0.1) is 5.10 Å². The van der Waals surface area contributed by atoms with Gasteiger partial charge in [0.25, 0.3) is 5.56 Å². The van der Waals surface area contributed by atoms with Crippen molar-refractivity contribution >= 4 is 5.82 Å². The van der Waals surface area contributed by atoms with Crippen molar-refractivity contribution in [2.75, 3.05) is 11.9 Å². The molecule has 0 atom stereocenters. The van der Waals surface area contributed by atoms with Gasteiger partial charge in [-0.05, 0) is 12.3 Å². The highest BCUT2D eigenvalue weighted by Crippen LogP contribution is 1.99. The predicted molar refractivity (Wildman–Crippen MR) is 62.7 cm³/mol. The van der Waals surface area contributed by atoms with Crippen LogP contribution in [0.3, 0.4) is 0 Å². The second-order valence-corrected chi connectivity index (χ2v) is 4.23. The van der Waals surface area contributed by atoms with E-state index in [9.17, 15) is 9.59 Å². The molecule has 0 unspecified atom stereocenters. The van der Waals surface area contributed by atoms with Crippen LogP contribution in [0.15, 0.2) is 9.59 Å². The Morgan fingerprint density at radius 3 is 2.50 bits per heavy atom. The monoisotopic (exact) mass is 226 g/mol. The van der Waals surface area contributed by atoms with Gasteiger partial charge in [-0.1, -0.05) is 13.8 Å². The lowest BCUT2D eigenvalue weighted by Gasteiger charge is -2.08. The molecule has 1 N–H and O–H groups in total. The minimum absolute atomic E-state index is 0.227. The van der Waals surface area contributed by atoms with Gasteiger partial charge in [0.05, 0.1) is 0 Å². The van der Waals surface area contributed by atoms with E-state index in [1.807, 2.05) is 0 Å². The Hall–Kier alpha value is -1.59. The van der Waals surface area contributed by atoms with Crippen molar-refractivity contribution in [1.82, 2.24) is 14.3 Å². The zero-order valence-corrected chi connectivity index (χ0v) is 10.1. The number of anilines is 1. The Morgan fingerprint density at radius 1 is 1.31 bits per heavy atom. The highest BCUT2D eigenvalue weighted by atomic mass is 16.2. The van der Waals surface area contributed by atoms with Gasteiger partial charge in [0, 0.05) is 20.6 Å². The van der Waals surface area contributed by atoms with E-state index in [0.29, 0.717) is 12.5 Å². The highest BCUT2D eigenvalue weighted by molar-refractivity contribution is 5.29. The Bertz CT molecular complexity index is 473. The summed E-state index contributed by atoms with van der Waals surface area (Å²) in [5.41, 5.74) is -0.800. The molecule has 0 aromatic carbocycles. The molecule has 0 aliphatic carbocycles. The number of nitrogens with zero attached hydrogens (tertiary/aromatic N) is 3. The Kier molecular flexibility index (Phi) is 3.87. The third-order valence-electron chi connectivity index (χ3n) is 2.34. The molecule has 6 nitrogen and oxygen atoms in total. The van der Waals surface area contributed by atoms with Crippen molar-refractivity contribution in [1.29, 1.82) is 0 Å². The third-order valence-corrected chi connectivity index (χ3v) is 2.34. The second-order valence-electron chi connectivity index (χ2n) is 4.23. The van der Waals surface area contributed by atoms with E-state index in [1.165, 1.54) is 14.1 Å². The van der Waals surface area contributed by atoms with E-state index < -0.39 is 5.69 Å². The van der Waals surface area contributed by atoms with Crippen LogP contribution in [0.1, 0.15) is 20.3 Å². The van der Waals surface area contributed by atoms with Gasteiger partial charge in [0.15, 0.2) is 0 Å². The first-order valence-corrected chi connectivity index (χ1v) is 5.31. The van der Waals surface area contributed by atoms with Gasteiger partial charge in [0.2, 0.25) is 5.82 Å². The molecule has 0 saturated heterocycles. The van der Waals surface area contributed by atoms with Crippen LogP contribution >= 0.6 is 0 Å². The summed E-state index contributed by atoms with van der Waals surface area (Å²) < 4.78 is 2.20. The predicted octanol–water partition coefficient (Wildman–Crippen LogP) is -0.0630. The first-order valence-electron chi connectivity index (χ1n) is 5.31. The zero-order chi connectivity index (χ0) is 12.3. The number of aromatic nitrogens is 3. The fraction of sp³-hybridized carbons (Fsp3) is 0.700. The first-order chi connectivity index (χ1) is 7.43. The number of rotatable bonds is 4. The molecule has 0 aliphatic heterocycles. The number of nitrogens with one attached hydrogen (secondary N) is 1. The van der Waals surface area contributed by atoms with E-state index in [1.54, 1.807) is 0 Å². The summed E-state index contributed by atoms with van der Waals surface area (Å²) in [6.45, 7) is 4.89. The summed E-state index contributed by atoms with van der Waals surface area (Å²) in [4.78, 5) is 23.0. The molecule has 1 rings (SSSR count). The molecule has 0 radical (unpaired) electrons. The van der Waals surface area contributed by atoms with E-state index in [0.717, 1.165) is 15.7 Å². The molecular weight excluding hydrogens is 208 g/mol. The van der Waals surface area contributed by atoms with Crippen LogP contribution in [-0.4, -0.2) is 20.9 Å². The van der Waals surface area contributed by atoms with Crippen molar-refractivity contribution in [3.63, 3.8) is 0 Å². The number of hydrogen-bond acceptors (Lipinski definition) is 4. The van der Waals surface area contributed by atoms with Gasteiger partial charge in [-0.25, -0.2) is 9.48 Å². The van der Waals surface area contributed by atoms with Crippen LogP contribution in [0.5, 0.6) is 0 Å². The van der Waals surface area contributed by atoms with Crippen molar-refractivity contribution in [3.05, 3.63) is 20.8 Å². The second kappa shape index (κ2) is 4.96. The lowest BCUT2D eigenvalue weighted by Crippen LogP contribution is -2.40. The van der Waals surface area contributed by atoms with Crippen LogP contribution in [0.25, 0.3) is 0 Å². The summed E-state index contributed by atoms with van der Waals surface area (Å²) in [6.07, 6.45) is 0.952. The largest absolute Gasteiger partial charge is 0.364 e. The number of aryl methyl sites for hydroxylation is 1. The smallest absolute Gasteiger partial charge is 0.346 e. The molecule has 0 bridgehead atoms. The summed E-state index contributed by atoms with van der Waals surface area (Å²) in [6, 6.07) is 0. The summed E-state index contributed by atoms with van der Waals surface area (Å²) in [5, 5.41) is 6.84. The Labute approximate surface area is 93.9 Å². The summed E-state index contributed by atoms with van der Waals surface area (Å²) in [5.74, 6) is 0.786. The topological polar surface area (TPSA) is 68.9 Å². The van der Waals surface area contributed by atoms with E-state index >= 15 is 0 Å². The van der Waals surface area contributed by atoms with E-state index in [4.69, 9.17) is 0 Å². The van der Waals surface area contributed by atoms with Crippen LogP contribution in [0, 0.1) is 5.92 Å². The lowest BCUT2D eigenvalue weighted by molar-refractivity contribution is 0.588. The van der Waals surface area contributed by atoms with Gasteiger partial charge >= 0.3 is 5.69 Å². The van der Waals surface area contributed by atoms with E-state index in [2.05, 4.69) is 24.3 Å². The van der Waals surface area contributed by atoms with Crippen molar-refractivity contribution in [2.24, 2.45) is 20.0 Å². The number of hydrogen-bond donors (Lipinski definition) is 1. The summed E-state index contributed by atoms with van der Waals surface area (Å²) in [7, 11) is 2.97. The maximum absolute atomic E-state index is 11.6. The fourth-order valence-electron chi connectivity index (χ4n) is 1.29. The molecule has 6 heteroatoms. The molecular formula is C10H18N4O2. The Balaban J connectivity index is 2.90. The van der Waals surface area contributed by atoms with Crippen molar-refractivity contribution in [3.8, 4) is 0 Å². The molecule has 0 amide bonds. The maximum Gasteiger partial charge on any atom is 0.346 e. The Morgan fingerprint density at radius 2 is 1.94 bits per heavy atom. The quantitative estimate of drug-likeness (QED) is 0.780. The lowest BCUT2D eigenvalue weighted by atomic mass is 10.1. The fourth-order valence-corrected chi connectivity index (χ4v) is 1.29. The van der Waals surface area contributed by atoms with Crippen molar-refractivity contribution < 1.29 is 0 Å². The SMILES string of the molecule is CC(C)CCNc1nn(C)c(=O)n(C)c1=O. The normalized spacial score (nSPS) is 10.8. The minimum atomic E-state index is -0.417. The third kappa shape index (κ3) is 2.71. The van der Waals surface area contributed by atoms with Gasteiger partial charge in [-0.2, -0.15) is 0 Å². The molecule has 1 aromatic heterocycles. The maximum atomic E-state index is 11.6. The standard InChI is InChI=1S/C10H18N4O2/c1-7(2)5-6-11-8-9(15)13(3)10(16)14(4)12-8/h7H,5-6H2,1-4H3,(H,11,12). The van der Waals surface area contributed by atoms with Gasteiger partial charge in [-0.3, -0.25) is 9.36 Å². The zero-order valence-electron chi connectivity index (χ0n) is 10.1. The average Bonchev–Trinajstić information content (AvgIpc) is 2.22. The van der Waals surface area contributed by atoms with Crippen LogP contribution in [0.4, 0.5) is 5.82 Å². The van der Waals surface area contributed by atoms with Gasteiger partial charge < -0.3 is 5.32 Å². The molecule has 0 aliphatic rings. The molecule has 90 valence electrons. The van der Waals surface area contributed by atoms with E-state index in [-0.39, 0.29) is 11.4 Å². The average molecular weight is 226 g/mol. The molecule has 1 heterocycles. The minimum Gasteiger partial charge on any atom is -0.364 e. The van der Waals surface area contributed by atoms with Crippen LogP contribution < -0.4 is 16.6 Å². The van der Waals surface area contributed by atoms with Crippen LogP contribution in [0.2, 0.25) is 0 Å². The molecule has 16 heavy (non-hydrogen) atoms. The molecule has 0 spiro atoms. The summed E-state index contributed by atoms with van der Waals surface area (Å²) >= 11 is 0. The van der Waals surface area contributed by atoms with Gasteiger partial charge in [0.1, 0.15) is 0 Å². The van der Waals surface area contributed by atoms with Crippen molar-refractivity contribution in [2.45, 2.75) is 20.3 Å². The molecule has 0 fully saturated rings.